The number of hydrogen-bond donors (Lipinski definition) is 1. The van der Waals surface area contributed by atoms with Crippen molar-refractivity contribution in [2.75, 3.05) is 0 Å². The van der Waals surface area contributed by atoms with E-state index < -0.39 is 5.97 Å². The highest BCUT2D eigenvalue weighted by molar-refractivity contribution is 7.15. The number of carbonyl (C=O) groups is 1. The number of aryl methyl sites for hydroxylation is 1. The topological polar surface area (TPSA) is 50.2 Å². The lowest BCUT2D eigenvalue weighted by atomic mass is 10.1. The molecule has 0 radical (unpaired) electrons. The van der Waals surface area contributed by atoms with E-state index in [4.69, 9.17) is 0 Å². The van der Waals surface area contributed by atoms with Crippen LogP contribution in [0.25, 0.3) is 23.4 Å². The second-order valence-corrected chi connectivity index (χ2v) is 7.03. The summed E-state index contributed by atoms with van der Waals surface area (Å²) < 4.78 is 0. The number of hydrogen-bond acceptors (Lipinski definition) is 4. The summed E-state index contributed by atoms with van der Waals surface area (Å²) in [5.41, 5.74) is 1.35. The number of rotatable bonds is 4. The first-order valence-electron chi connectivity index (χ1n) is 6.67. The number of benzene rings is 1. The summed E-state index contributed by atoms with van der Waals surface area (Å²) in [5, 5.41) is 10.1. The quantitative estimate of drug-likeness (QED) is 0.729. The minimum Gasteiger partial charge on any atom is -0.477 e. The molecule has 3 nitrogen and oxygen atoms in total. The summed E-state index contributed by atoms with van der Waals surface area (Å²) in [4.78, 5) is 18.6. The van der Waals surface area contributed by atoms with E-state index >= 15 is 0 Å². The zero-order chi connectivity index (χ0) is 15.5. The number of carboxylic acid groups (broad SMARTS) is 1. The Labute approximate surface area is 136 Å². The van der Waals surface area contributed by atoms with Gasteiger partial charge < -0.3 is 5.11 Å². The third kappa shape index (κ3) is 3.16. The van der Waals surface area contributed by atoms with Crippen molar-refractivity contribution >= 4 is 40.8 Å². The van der Waals surface area contributed by atoms with Gasteiger partial charge in [0, 0.05) is 15.3 Å². The van der Waals surface area contributed by atoms with Gasteiger partial charge in [-0.1, -0.05) is 30.3 Å². The van der Waals surface area contributed by atoms with Crippen molar-refractivity contribution in [3.05, 3.63) is 62.1 Å². The normalized spacial score (nSPS) is 11.1. The van der Waals surface area contributed by atoms with Gasteiger partial charge >= 0.3 is 5.97 Å². The maximum atomic E-state index is 11.4. The Bertz CT molecular complexity index is 831. The molecule has 0 aliphatic heterocycles. The van der Waals surface area contributed by atoms with E-state index in [-0.39, 0.29) is 4.88 Å². The first-order valence-corrected chi connectivity index (χ1v) is 8.31. The summed E-state index contributed by atoms with van der Waals surface area (Å²) in [6, 6.07) is 13.5. The van der Waals surface area contributed by atoms with Crippen LogP contribution < -0.4 is 0 Å². The molecule has 0 atom stereocenters. The lowest BCUT2D eigenvalue weighted by Crippen LogP contribution is -1.95. The molecule has 0 spiro atoms. The molecule has 1 N–H and O–H groups in total. The lowest BCUT2D eigenvalue weighted by Gasteiger charge is -1.97. The molecule has 22 heavy (non-hydrogen) atoms. The van der Waals surface area contributed by atoms with Crippen molar-refractivity contribution in [1.82, 2.24) is 4.98 Å². The molecule has 3 rings (SSSR count). The van der Waals surface area contributed by atoms with E-state index in [1.54, 1.807) is 11.3 Å². The molecule has 0 aliphatic rings. The van der Waals surface area contributed by atoms with Gasteiger partial charge in [0.1, 0.15) is 9.88 Å². The number of thiazole rings is 1. The van der Waals surface area contributed by atoms with Crippen LogP contribution in [0.1, 0.15) is 24.4 Å². The van der Waals surface area contributed by atoms with Gasteiger partial charge in [-0.05, 0) is 31.2 Å². The molecule has 2 aromatic heterocycles. The second-order valence-electron chi connectivity index (χ2n) is 4.68. The van der Waals surface area contributed by atoms with Gasteiger partial charge in [0.2, 0.25) is 0 Å². The fourth-order valence-electron chi connectivity index (χ4n) is 2.04. The van der Waals surface area contributed by atoms with Crippen molar-refractivity contribution in [2.24, 2.45) is 0 Å². The highest BCUT2D eigenvalue weighted by atomic mass is 32.1. The Hall–Kier alpha value is -2.24. The van der Waals surface area contributed by atoms with Crippen LogP contribution in [-0.4, -0.2) is 16.1 Å². The molecule has 1 aromatic carbocycles. The zero-order valence-corrected chi connectivity index (χ0v) is 13.4. The SMILES string of the molecule is Cc1ccc(/C=C/c2nc(-c3ccccc3)c(C(=O)O)s2)s1. The summed E-state index contributed by atoms with van der Waals surface area (Å²) in [6.07, 6.45) is 3.84. The first-order chi connectivity index (χ1) is 10.6. The fourth-order valence-corrected chi connectivity index (χ4v) is 3.65. The molecule has 3 aromatic rings. The van der Waals surface area contributed by atoms with Crippen LogP contribution in [0.4, 0.5) is 0 Å². The maximum absolute atomic E-state index is 11.4. The number of thiophene rings is 1. The average molecular weight is 327 g/mol. The molecule has 0 saturated carbocycles. The fraction of sp³-hybridized carbons (Fsp3) is 0.0588. The zero-order valence-electron chi connectivity index (χ0n) is 11.8. The predicted octanol–water partition coefficient (Wildman–Crippen LogP) is 5.05. The Kier molecular flexibility index (Phi) is 4.18. The van der Waals surface area contributed by atoms with Crippen LogP contribution >= 0.6 is 22.7 Å². The van der Waals surface area contributed by atoms with Crippen LogP contribution in [0.15, 0.2) is 42.5 Å². The number of aromatic nitrogens is 1. The van der Waals surface area contributed by atoms with Gasteiger partial charge in [0.25, 0.3) is 0 Å². The molecular formula is C17H13NO2S2. The minimum atomic E-state index is -0.942. The largest absolute Gasteiger partial charge is 0.477 e. The Morgan fingerprint density at radius 1 is 1.09 bits per heavy atom. The predicted molar refractivity (Wildman–Crippen MR) is 92.5 cm³/mol. The van der Waals surface area contributed by atoms with Gasteiger partial charge in [0.05, 0.1) is 5.69 Å². The highest BCUT2D eigenvalue weighted by Gasteiger charge is 2.17. The van der Waals surface area contributed by atoms with Gasteiger partial charge in [-0.3, -0.25) is 0 Å². The van der Waals surface area contributed by atoms with Crippen molar-refractivity contribution in [2.45, 2.75) is 6.92 Å². The van der Waals surface area contributed by atoms with Crippen molar-refractivity contribution in [1.29, 1.82) is 0 Å². The molecule has 0 bridgehead atoms. The Morgan fingerprint density at radius 2 is 1.86 bits per heavy atom. The van der Waals surface area contributed by atoms with E-state index in [1.807, 2.05) is 48.6 Å². The summed E-state index contributed by atoms with van der Waals surface area (Å²) in [6.45, 7) is 2.06. The second kappa shape index (κ2) is 6.25. The standard InChI is InChI=1S/C17H13NO2S2/c1-11-7-8-13(21-11)9-10-14-18-15(16(22-14)17(19)20)12-5-3-2-4-6-12/h2-10H,1H3,(H,19,20)/b10-9+. The molecule has 0 unspecified atom stereocenters. The van der Waals surface area contributed by atoms with E-state index in [2.05, 4.69) is 18.0 Å². The summed E-state index contributed by atoms with van der Waals surface area (Å²) in [5.74, 6) is -0.942. The molecule has 2 heterocycles. The van der Waals surface area contributed by atoms with Crippen molar-refractivity contribution < 1.29 is 9.90 Å². The monoisotopic (exact) mass is 327 g/mol. The van der Waals surface area contributed by atoms with E-state index in [9.17, 15) is 9.90 Å². The smallest absolute Gasteiger partial charge is 0.348 e. The minimum absolute atomic E-state index is 0.271. The molecule has 0 aliphatic carbocycles. The van der Waals surface area contributed by atoms with Gasteiger partial charge in [-0.2, -0.15) is 0 Å². The molecule has 5 heteroatoms. The number of carboxylic acids is 1. The van der Waals surface area contributed by atoms with Crippen LogP contribution in [0, 0.1) is 6.92 Å². The molecular weight excluding hydrogens is 314 g/mol. The Balaban J connectivity index is 1.97. The lowest BCUT2D eigenvalue weighted by molar-refractivity contribution is 0.0702. The summed E-state index contributed by atoms with van der Waals surface area (Å²) in [7, 11) is 0. The Morgan fingerprint density at radius 3 is 2.50 bits per heavy atom. The van der Waals surface area contributed by atoms with E-state index in [0.717, 1.165) is 10.4 Å². The maximum Gasteiger partial charge on any atom is 0.348 e. The van der Waals surface area contributed by atoms with Crippen LogP contribution in [0.2, 0.25) is 0 Å². The van der Waals surface area contributed by atoms with Gasteiger partial charge in [0.15, 0.2) is 0 Å². The average Bonchev–Trinajstić information content (AvgIpc) is 3.12. The van der Waals surface area contributed by atoms with Gasteiger partial charge in [-0.25, -0.2) is 9.78 Å². The number of nitrogens with zero attached hydrogens (tertiary/aromatic N) is 1. The summed E-state index contributed by atoms with van der Waals surface area (Å²) >= 11 is 2.89. The van der Waals surface area contributed by atoms with Crippen LogP contribution in [0.5, 0.6) is 0 Å². The van der Waals surface area contributed by atoms with Crippen LogP contribution in [0.3, 0.4) is 0 Å². The van der Waals surface area contributed by atoms with E-state index in [1.165, 1.54) is 16.2 Å². The van der Waals surface area contributed by atoms with Crippen LogP contribution in [-0.2, 0) is 0 Å². The third-order valence-corrected chi connectivity index (χ3v) is 5.01. The van der Waals surface area contributed by atoms with E-state index in [0.29, 0.717) is 10.7 Å². The molecule has 0 saturated heterocycles. The third-order valence-electron chi connectivity index (χ3n) is 3.04. The van der Waals surface area contributed by atoms with Crippen molar-refractivity contribution in [3.8, 4) is 11.3 Å². The first kappa shape index (κ1) is 14.7. The molecule has 110 valence electrons. The number of aromatic carboxylic acids is 1. The molecule has 0 amide bonds. The van der Waals surface area contributed by atoms with Gasteiger partial charge in [-0.15, -0.1) is 22.7 Å². The van der Waals surface area contributed by atoms with Crippen molar-refractivity contribution in [3.63, 3.8) is 0 Å². The highest BCUT2D eigenvalue weighted by Crippen LogP contribution is 2.29. The molecule has 0 fully saturated rings.